The van der Waals surface area contributed by atoms with Crippen molar-refractivity contribution in [1.82, 2.24) is 5.32 Å². The van der Waals surface area contributed by atoms with Crippen molar-refractivity contribution in [3.8, 4) is 0 Å². The molecule has 0 saturated carbocycles. The van der Waals surface area contributed by atoms with Gasteiger partial charge in [-0.15, -0.1) is 0 Å². The van der Waals surface area contributed by atoms with Crippen LogP contribution in [0.2, 0.25) is 0 Å². The molecule has 0 rings (SSSR count). The summed E-state index contributed by atoms with van der Waals surface area (Å²) < 4.78 is 5.25. The molecule has 0 aliphatic rings. The first-order chi connectivity index (χ1) is 13.6. The van der Waals surface area contributed by atoms with Crippen molar-refractivity contribution in [2.24, 2.45) is 5.92 Å². The largest absolute Gasteiger partial charge is 0.466 e. The summed E-state index contributed by atoms with van der Waals surface area (Å²) in [5, 5.41) is 3.02. The van der Waals surface area contributed by atoms with E-state index in [-0.39, 0.29) is 11.9 Å². The van der Waals surface area contributed by atoms with E-state index in [1.807, 2.05) is 0 Å². The molecule has 1 N–H and O–H groups in total. The van der Waals surface area contributed by atoms with E-state index < -0.39 is 0 Å². The van der Waals surface area contributed by atoms with Crippen LogP contribution in [0, 0.1) is 5.92 Å². The topological polar surface area (TPSA) is 55.4 Å². The van der Waals surface area contributed by atoms with E-state index in [0.29, 0.717) is 31.8 Å². The van der Waals surface area contributed by atoms with Gasteiger partial charge < -0.3 is 10.1 Å². The van der Waals surface area contributed by atoms with Crippen LogP contribution in [0.3, 0.4) is 0 Å². The fourth-order valence-electron chi connectivity index (χ4n) is 3.36. The molecule has 0 bridgehead atoms. The van der Waals surface area contributed by atoms with E-state index >= 15 is 0 Å². The highest BCUT2D eigenvalue weighted by atomic mass is 16.5. The van der Waals surface area contributed by atoms with Gasteiger partial charge in [-0.05, 0) is 25.2 Å². The quantitative estimate of drug-likeness (QED) is 0.187. The normalized spacial score (nSPS) is 12.0. The van der Waals surface area contributed by atoms with Gasteiger partial charge in [-0.3, -0.25) is 9.59 Å². The summed E-state index contributed by atoms with van der Waals surface area (Å²) in [6.07, 6.45) is 17.5. The number of ether oxygens (including phenoxy) is 1. The molecule has 0 aliphatic carbocycles. The van der Waals surface area contributed by atoms with Gasteiger partial charge in [-0.1, -0.05) is 91.4 Å². The maximum Gasteiger partial charge on any atom is 0.305 e. The van der Waals surface area contributed by atoms with Gasteiger partial charge in [0.1, 0.15) is 0 Å². The Balaban J connectivity index is 3.47. The number of carbonyl (C=O) groups is 2. The molecule has 1 amide bonds. The number of nitrogens with one attached hydrogen (secondary N) is 1. The molecule has 28 heavy (non-hydrogen) atoms. The average Bonchev–Trinajstić information content (AvgIpc) is 2.70. The molecule has 0 radical (unpaired) electrons. The van der Waals surface area contributed by atoms with Gasteiger partial charge in [0.2, 0.25) is 5.91 Å². The molecule has 4 nitrogen and oxygen atoms in total. The highest BCUT2D eigenvalue weighted by Crippen LogP contribution is 2.12. The van der Waals surface area contributed by atoms with Crippen LogP contribution in [0.5, 0.6) is 0 Å². The summed E-state index contributed by atoms with van der Waals surface area (Å²) in [7, 11) is 0. The molecule has 0 aromatic carbocycles. The molecular weight excluding hydrogens is 350 g/mol. The van der Waals surface area contributed by atoms with E-state index in [0.717, 1.165) is 25.8 Å². The van der Waals surface area contributed by atoms with E-state index in [1.54, 1.807) is 0 Å². The Morgan fingerprint density at radius 1 is 0.750 bits per heavy atom. The number of hydrogen-bond acceptors (Lipinski definition) is 3. The molecule has 0 aromatic heterocycles. The highest BCUT2D eigenvalue weighted by molar-refractivity contribution is 5.75. The smallest absolute Gasteiger partial charge is 0.305 e. The third kappa shape index (κ3) is 18.3. The summed E-state index contributed by atoms with van der Waals surface area (Å²) in [6, 6.07) is 0. The molecule has 0 heterocycles. The Bertz CT molecular complexity index is 371. The summed E-state index contributed by atoms with van der Waals surface area (Å²) >= 11 is 0. The van der Waals surface area contributed by atoms with Gasteiger partial charge >= 0.3 is 5.97 Å². The molecular formula is C24H47NO3. The molecule has 1 atom stereocenters. The van der Waals surface area contributed by atoms with Gasteiger partial charge in [0.05, 0.1) is 6.61 Å². The molecule has 0 aliphatic heterocycles. The maximum absolute atomic E-state index is 11.9. The van der Waals surface area contributed by atoms with Crippen LogP contribution < -0.4 is 5.32 Å². The van der Waals surface area contributed by atoms with Gasteiger partial charge in [-0.25, -0.2) is 0 Å². The van der Waals surface area contributed by atoms with E-state index in [9.17, 15) is 9.59 Å². The minimum absolute atomic E-state index is 0.0740. The molecule has 166 valence electrons. The Morgan fingerprint density at radius 2 is 1.36 bits per heavy atom. The first-order valence-electron chi connectivity index (χ1n) is 12.1. The second-order valence-corrected chi connectivity index (χ2v) is 8.12. The van der Waals surface area contributed by atoms with Crippen LogP contribution in [0.15, 0.2) is 0 Å². The number of carbonyl (C=O) groups excluding carboxylic acids is 2. The van der Waals surface area contributed by atoms with Crippen molar-refractivity contribution < 1.29 is 14.3 Å². The summed E-state index contributed by atoms with van der Waals surface area (Å²) in [5.74, 6) is 0.539. The third-order valence-corrected chi connectivity index (χ3v) is 5.43. The molecule has 0 saturated heterocycles. The van der Waals surface area contributed by atoms with E-state index in [1.165, 1.54) is 64.2 Å². The van der Waals surface area contributed by atoms with Crippen LogP contribution in [-0.4, -0.2) is 25.0 Å². The third-order valence-electron chi connectivity index (χ3n) is 5.43. The van der Waals surface area contributed by atoms with E-state index in [2.05, 4.69) is 26.1 Å². The molecule has 0 fully saturated rings. The average molecular weight is 398 g/mol. The van der Waals surface area contributed by atoms with Crippen molar-refractivity contribution in [3.05, 3.63) is 0 Å². The van der Waals surface area contributed by atoms with Gasteiger partial charge in [0, 0.05) is 19.4 Å². The zero-order chi connectivity index (χ0) is 20.9. The van der Waals surface area contributed by atoms with E-state index in [4.69, 9.17) is 4.74 Å². The monoisotopic (exact) mass is 397 g/mol. The van der Waals surface area contributed by atoms with Crippen molar-refractivity contribution in [1.29, 1.82) is 0 Å². The highest BCUT2D eigenvalue weighted by Gasteiger charge is 2.09. The zero-order valence-corrected chi connectivity index (χ0v) is 19.0. The summed E-state index contributed by atoms with van der Waals surface area (Å²) in [5.41, 5.74) is 0. The maximum atomic E-state index is 11.9. The lowest BCUT2D eigenvalue weighted by Crippen LogP contribution is -2.29. The Kier molecular flexibility index (Phi) is 19.9. The lowest BCUT2D eigenvalue weighted by Gasteiger charge is -2.15. The molecule has 0 aromatic rings. The number of hydrogen-bond donors (Lipinski definition) is 1. The van der Waals surface area contributed by atoms with Crippen molar-refractivity contribution in [3.63, 3.8) is 0 Å². The standard InChI is InChI=1S/C24H47NO3/c1-4-7-9-10-11-12-13-14-15-19-24(27)28-20-16-18-23(26)25-21-22(6-3)17-8-5-2/h22H,4-21H2,1-3H3,(H,25,26). The zero-order valence-electron chi connectivity index (χ0n) is 19.0. The Hall–Kier alpha value is -1.06. The van der Waals surface area contributed by atoms with Gasteiger partial charge in [-0.2, -0.15) is 0 Å². The minimum atomic E-state index is -0.117. The fourth-order valence-corrected chi connectivity index (χ4v) is 3.36. The second-order valence-electron chi connectivity index (χ2n) is 8.12. The summed E-state index contributed by atoms with van der Waals surface area (Å²) in [4.78, 5) is 23.6. The Morgan fingerprint density at radius 3 is 1.96 bits per heavy atom. The Labute approximate surface area is 174 Å². The summed E-state index contributed by atoms with van der Waals surface area (Å²) in [6.45, 7) is 7.75. The van der Waals surface area contributed by atoms with Crippen LogP contribution >= 0.6 is 0 Å². The predicted molar refractivity (Wildman–Crippen MR) is 118 cm³/mol. The lowest BCUT2D eigenvalue weighted by molar-refractivity contribution is -0.144. The van der Waals surface area contributed by atoms with Crippen LogP contribution in [0.4, 0.5) is 0 Å². The number of esters is 1. The number of amides is 1. The molecule has 4 heteroatoms. The van der Waals surface area contributed by atoms with Crippen LogP contribution in [0.25, 0.3) is 0 Å². The van der Waals surface area contributed by atoms with Crippen LogP contribution in [0.1, 0.15) is 124 Å². The predicted octanol–water partition coefficient (Wildman–Crippen LogP) is 6.56. The number of unbranched alkanes of at least 4 members (excludes halogenated alkanes) is 9. The fraction of sp³-hybridized carbons (Fsp3) is 0.917. The SMILES string of the molecule is CCCCCCCCCCCC(=O)OCCCC(=O)NCC(CC)CCCC. The first kappa shape index (κ1) is 26.9. The van der Waals surface area contributed by atoms with Crippen molar-refractivity contribution >= 4 is 11.9 Å². The lowest BCUT2D eigenvalue weighted by atomic mass is 9.99. The van der Waals surface area contributed by atoms with Crippen molar-refractivity contribution in [2.75, 3.05) is 13.2 Å². The molecule has 0 spiro atoms. The second kappa shape index (κ2) is 20.7. The van der Waals surface area contributed by atoms with Crippen molar-refractivity contribution in [2.45, 2.75) is 124 Å². The minimum Gasteiger partial charge on any atom is -0.466 e. The van der Waals surface area contributed by atoms with Crippen LogP contribution in [-0.2, 0) is 14.3 Å². The number of rotatable bonds is 20. The first-order valence-corrected chi connectivity index (χ1v) is 12.1. The van der Waals surface area contributed by atoms with Gasteiger partial charge in [0.15, 0.2) is 0 Å². The molecule has 1 unspecified atom stereocenters. The van der Waals surface area contributed by atoms with Gasteiger partial charge in [0.25, 0.3) is 0 Å².